The molecule has 1 heterocycles. The summed E-state index contributed by atoms with van der Waals surface area (Å²) in [6.07, 6.45) is 0.345. The molecule has 0 spiro atoms. The fourth-order valence-electron chi connectivity index (χ4n) is 2.30. The number of carbonyl (C=O) groups excluding carboxylic acids is 2. The predicted octanol–water partition coefficient (Wildman–Crippen LogP) is 1.63. The highest BCUT2D eigenvalue weighted by atomic mass is 35.5. The molecule has 114 valence electrons. The highest BCUT2D eigenvalue weighted by Crippen LogP contribution is 2.20. The summed E-state index contributed by atoms with van der Waals surface area (Å²) in [6, 6.07) is 4.78. The molecule has 0 unspecified atom stereocenters. The molecule has 2 amide bonds. The molecule has 1 aliphatic rings. The SMILES string of the molecule is NCCC(=O)N1CCN(C(=O)c2cc(Cl)cc(Cl)c2)CC1. The summed E-state index contributed by atoms with van der Waals surface area (Å²) in [4.78, 5) is 27.6. The molecule has 5 nitrogen and oxygen atoms in total. The topological polar surface area (TPSA) is 66.6 Å². The van der Waals surface area contributed by atoms with Gasteiger partial charge in [-0.3, -0.25) is 9.59 Å². The Bertz CT molecular complexity index is 523. The zero-order valence-electron chi connectivity index (χ0n) is 11.5. The van der Waals surface area contributed by atoms with Crippen molar-refractivity contribution in [3.63, 3.8) is 0 Å². The van der Waals surface area contributed by atoms with Gasteiger partial charge in [0.2, 0.25) is 5.91 Å². The van der Waals surface area contributed by atoms with Crippen molar-refractivity contribution in [1.82, 2.24) is 9.80 Å². The van der Waals surface area contributed by atoms with Crippen LogP contribution in [-0.2, 0) is 4.79 Å². The van der Waals surface area contributed by atoms with Crippen LogP contribution in [0.2, 0.25) is 10.0 Å². The van der Waals surface area contributed by atoms with Gasteiger partial charge in [0.15, 0.2) is 0 Å². The molecule has 1 fully saturated rings. The molecule has 7 heteroatoms. The van der Waals surface area contributed by atoms with E-state index in [9.17, 15) is 9.59 Å². The fraction of sp³-hybridized carbons (Fsp3) is 0.429. The Kier molecular flexibility index (Phi) is 5.45. The molecule has 1 aromatic carbocycles. The standard InChI is InChI=1S/C14H17Cl2N3O2/c15-11-7-10(8-12(16)9-11)14(21)19-5-3-18(4-6-19)13(20)1-2-17/h7-9H,1-6,17H2. The van der Waals surface area contributed by atoms with Gasteiger partial charge in [0.1, 0.15) is 0 Å². The first-order chi connectivity index (χ1) is 10.0. The average Bonchev–Trinajstić information content (AvgIpc) is 2.46. The largest absolute Gasteiger partial charge is 0.339 e. The molecular formula is C14H17Cl2N3O2. The molecule has 1 saturated heterocycles. The monoisotopic (exact) mass is 329 g/mol. The van der Waals surface area contributed by atoms with Crippen molar-refractivity contribution in [2.24, 2.45) is 5.73 Å². The average molecular weight is 330 g/mol. The van der Waals surface area contributed by atoms with Gasteiger partial charge < -0.3 is 15.5 Å². The van der Waals surface area contributed by atoms with Crippen LogP contribution in [0.3, 0.4) is 0 Å². The number of nitrogens with zero attached hydrogens (tertiary/aromatic N) is 2. The lowest BCUT2D eigenvalue weighted by Gasteiger charge is -2.34. The van der Waals surface area contributed by atoms with Crippen LogP contribution in [0.25, 0.3) is 0 Å². The van der Waals surface area contributed by atoms with Crippen molar-refractivity contribution in [2.45, 2.75) is 6.42 Å². The van der Waals surface area contributed by atoms with Crippen molar-refractivity contribution in [3.8, 4) is 0 Å². The highest BCUT2D eigenvalue weighted by molar-refractivity contribution is 6.35. The molecule has 1 aliphatic heterocycles. The van der Waals surface area contributed by atoms with E-state index in [1.807, 2.05) is 0 Å². The van der Waals surface area contributed by atoms with Crippen molar-refractivity contribution in [3.05, 3.63) is 33.8 Å². The smallest absolute Gasteiger partial charge is 0.254 e. The van der Waals surface area contributed by atoms with Crippen LogP contribution in [-0.4, -0.2) is 54.3 Å². The first kappa shape index (κ1) is 16.1. The summed E-state index contributed by atoms with van der Waals surface area (Å²) in [6.45, 7) is 2.40. The van der Waals surface area contributed by atoms with E-state index in [4.69, 9.17) is 28.9 Å². The third-order valence-electron chi connectivity index (χ3n) is 3.39. The Labute approximate surface area is 133 Å². The van der Waals surface area contributed by atoms with Crippen LogP contribution in [0.1, 0.15) is 16.8 Å². The lowest BCUT2D eigenvalue weighted by molar-refractivity contribution is -0.132. The molecule has 0 radical (unpaired) electrons. The zero-order chi connectivity index (χ0) is 15.4. The minimum atomic E-state index is -0.120. The minimum Gasteiger partial charge on any atom is -0.339 e. The Morgan fingerprint density at radius 3 is 2.05 bits per heavy atom. The normalized spacial score (nSPS) is 15.2. The molecule has 1 aromatic rings. The van der Waals surface area contributed by atoms with E-state index in [2.05, 4.69) is 0 Å². The lowest BCUT2D eigenvalue weighted by Crippen LogP contribution is -2.50. The molecular weight excluding hydrogens is 313 g/mol. The van der Waals surface area contributed by atoms with Gasteiger partial charge >= 0.3 is 0 Å². The molecule has 21 heavy (non-hydrogen) atoms. The molecule has 0 aliphatic carbocycles. The van der Waals surface area contributed by atoms with Gasteiger partial charge in [0, 0.05) is 54.8 Å². The fourth-order valence-corrected chi connectivity index (χ4v) is 2.83. The van der Waals surface area contributed by atoms with Gasteiger partial charge in [-0.1, -0.05) is 23.2 Å². The summed E-state index contributed by atoms with van der Waals surface area (Å²) in [7, 11) is 0. The Morgan fingerprint density at radius 1 is 1.00 bits per heavy atom. The summed E-state index contributed by atoms with van der Waals surface area (Å²) >= 11 is 11.8. The zero-order valence-corrected chi connectivity index (χ0v) is 13.0. The maximum Gasteiger partial charge on any atom is 0.254 e. The van der Waals surface area contributed by atoms with Gasteiger partial charge in [-0.15, -0.1) is 0 Å². The lowest BCUT2D eigenvalue weighted by atomic mass is 10.1. The van der Waals surface area contributed by atoms with Gasteiger partial charge in [0.05, 0.1) is 0 Å². The molecule has 2 rings (SSSR count). The number of piperazine rings is 1. The number of halogens is 2. The summed E-state index contributed by atoms with van der Waals surface area (Å²) in [5, 5.41) is 0.866. The Hall–Kier alpha value is -1.30. The van der Waals surface area contributed by atoms with Crippen LogP contribution in [0, 0.1) is 0 Å². The third kappa shape index (κ3) is 4.09. The van der Waals surface area contributed by atoms with E-state index in [0.717, 1.165) is 0 Å². The number of nitrogens with two attached hydrogens (primary N) is 1. The summed E-state index contributed by atoms with van der Waals surface area (Å²) < 4.78 is 0. The predicted molar refractivity (Wildman–Crippen MR) is 82.6 cm³/mol. The second-order valence-corrected chi connectivity index (χ2v) is 5.74. The number of amides is 2. The van der Waals surface area contributed by atoms with Crippen LogP contribution in [0.15, 0.2) is 18.2 Å². The molecule has 0 bridgehead atoms. The maximum atomic E-state index is 12.4. The second kappa shape index (κ2) is 7.11. The maximum absolute atomic E-state index is 12.4. The number of benzene rings is 1. The second-order valence-electron chi connectivity index (χ2n) is 4.87. The van der Waals surface area contributed by atoms with E-state index in [0.29, 0.717) is 54.8 Å². The van der Waals surface area contributed by atoms with E-state index in [-0.39, 0.29) is 11.8 Å². The number of hydrogen-bond donors (Lipinski definition) is 1. The quantitative estimate of drug-likeness (QED) is 0.916. The minimum absolute atomic E-state index is 0.0374. The number of carbonyl (C=O) groups is 2. The molecule has 0 aromatic heterocycles. The number of rotatable bonds is 3. The highest BCUT2D eigenvalue weighted by Gasteiger charge is 2.24. The Balaban J connectivity index is 1.98. The van der Waals surface area contributed by atoms with Gasteiger partial charge in [-0.2, -0.15) is 0 Å². The van der Waals surface area contributed by atoms with Crippen molar-refractivity contribution in [1.29, 1.82) is 0 Å². The van der Waals surface area contributed by atoms with E-state index in [1.165, 1.54) is 0 Å². The van der Waals surface area contributed by atoms with Crippen LogP contribution in [0.4, 0.5) is 0 Å². The van der Waals surface area contributed by atoms with E-state index in [1.54, 1.807) is 28.0 Å². The van der Waals surface area contributed by atoms with Crippen molar-refractivity contribution >= 4 is 35.0 Å². The van der Waals surface area contributed by atoms with Crippen LogP contribution >= 0.6 is 23.2 Å². The van der Waals surface area contributed by atoms with E-state index >= 15 is 0 Å². The Morgan fingerprint density at radius 2 is 1.52 bits per heavy atom. The van der Waals surface area contributed by atoms with Gasteiger partial charge in [-0.05, 0) is 18.2 Å². The van der Waals surface area contributed by atoms with E-state index < -0.39 is 0 Å². The van der Waals surface area contributed by atoms with Gasteiger partial charge in [0.25, 0.3) is 5.91 Å². The third-order valence-corrected chi connectivity index (χ3v) is 3.82. The summed E-state index contributed by atoms with van der Waals surface area (Å²) in [5.74, 6) is -0.0827. The molecule has 0 atom stereocenters. The van der Waals surface area contributed by atoms with Crippen LogP contribution < -0.4 is 5.73 Å². The first-order valence-corrected chi connectivity index (χ1v) is 7.50. The molecule has 2 N–H and O–H groups in total. The van der Waals surface area contributed by atoms with Gasteiger partial charge in [-0.25, -0.2) is 0 Å². The summed E-state index contributed by atoms with van der Waals surface area (Å²) in [5.41, 5.74) is 5.85. The first-order valence-electron chi connectivity index (χ1n) is 6.74. The van der Waals surface area contributed by atoms with Crippen molar-refractivity contribution < 1.29 is 9.59 Å². The molecule has 0 saturated carbocycles. The number of hydrogen-bond acceptors (Lipinski definition) is 3. The van der Waals surface area contributed by atoms with Crippen LogP contribution in [0.5, 0.6) is 0 Å². The van der Waals surface area contributed by atoms with Crippen molar-refractivity contribution in [2.75, 3.05) is 32.7 Å².